The summed E-state index contributed by atoms with van der Waals surface area (Å²) < 4.78 is 5.58. The molecule has 0 radical (unpaired) electrons. The Morgan fingerprint density at radius 3 is 1.43 bits per heavy atom. The smallest absolute Gasteiger partial charge is 0.115 e. The van der Waals surface area contributed by atoms with Gasteiger partial charge in [0.05, 0.1) is 13.2 Å². The van der Waals surface area contributed by atoms with Gasteiger partial charge in [0.25, 0.3) is 0 Å². The molecule has 0 unspecified atom stereocenters. The van der Waals surface area contributed by atoms with E-state index in [9.17, 15) is 10.2 Å². The summed E-state index contributed by atoms with van der Waals surface area (Å²) in [5.41, 5.74) is 0. The van der Waals surface area contributed by atoms with Crippen molar-refractivity contribution in [2.75, 3.05) is 24.7 Å². The van der Waals surface area contributed by atoms with E-state index in [-0.39, 0.29) is 0 Å². The number of rotatable bonds is 8. The van der Waals surface area contributed by atoms with E-state index in [2.05, 4.69) is 0 Å². The van der Waals surface area contributed by atoms with Gasteiger partial charge in [-0.1, -0.05) is 0 Å². The van der Waals surface area contributed by atoms with E-state index in [1.165, 1.54) is 0 Å². The Balaban J connectivity index is 1.52. The first kappa shape index (κ1) is 16.1. The minimum atomic E-state index is 0.293. The lowest BCUT2D eigenvalue weighted by Crippen LogP contribution is -2.01. The van der Waals surface area contributed by atoms with Crippen LogP contribution in [0.1, 0.15) is 0 Å². The van der Waals surface area contributed by atoms with Gasteiger partial charge in [0.1, 0.15) is 11.5 Å². The number of benzene rings is 2. The summed E-state index contributed by atoms with van der Waals surface area (Å²) in [6, 6.07) is 14.4. The molecule has 0 saturated heterocycles. The monoisotopic (exact) mass is 322 g/mol. The Hall–Kier alpha value is -1.30. The zero-order valence-electron chi connectivity index (χ0n) is 11.6. The molecule has 5 heteroatoms. The highest BCUT2D eigenvalue weighted by molar-refractivity contribution is 7.99. The van der Waals surface area contributed by atoms with E-state index in [0.29, 0.717) is 24.7 Å². The van der Waals surface area contributed by atoms with E-state index in [4.69, 9.17) is 4.74 Å². The number of hydrogen-bond acceptors (Lipinski definition) is 5. The molecule has 0 amide bonds. The van der Waals surface area contributed by atoms with Crippen LogP contribution in [-0.2, 0) is 4.74 Å². The van der Waals surface area contributed by atoms with E-state index < -0.39 is 0 Å². The third-order valence-electron chi connectivity index (χ3n) is 2.67. The van der Waals surface area contributed by atoms with Gasteiger partial charge in [-0.2, -0.15) is 0 Å². The molecule has 3 nitrogen and oxygen atoms in total. The van der Waals surface area contributed by atoms with Crippen molar-refractivity contribution in [1.29, 1.82) is 0 Å². The second kappa shape index (κ2) is 8.87. The topological polar surface area (TPSA) is 49.7 Å². The molecule has 0 bridgehead atoms. The molecule has 112 valence electrons. The summed E-state index contributed by atoms with van der Waals surface area (Å²) in [6.07, 6.45) is 0. The van der Waals surface area contributed by atoms with Crippen molar-refractivity contribution in [1.82, 2.24) is 0 Å². The van der Waals surface area contributed by atoms with Gasteiger partial charge >= 0.3 is 0 Å². The highest BCUT2D eigenvalue weighted by Gasteiger charge is 1.97. The standard InChI is InChI=1S/C16H18O3S2/c17-13-1-5-15(6-2-13)20-11-9-19-10-12-21-16-7-3-14(18)4-8-16/h1-8,17-18H,9-12H2. The van der Waals surface area contributed by atoms with Crippen LogP contribution in [0, 0.1) is 0 Å². The molecule has 21 heavy (non-hydrogen) atoms. The van der Waals surface area contributed by atoms with Crippen molar-refractivity contribution in [3.63, 3.8) is 0 Å². The van der Waals surface area contributed by atoms with E-state index in [1.807, 2.05) is 24.3 Å². The molecule has 0 saturated carbocycles. The predicted octanol–water partition coefficient (Wildman–Crippen LogP) is 4.00. The third kappa shape index (κ3) is 6.33. The summed E-state index contributed by atoms with van der Waals surface area (Å²) in [6.45, 7) is 1.42. The lowest BCUT2D eigenvalue weighted by molar-refractivity contribution is 0.167. The van der Waals surface area contributed by atoms with Crippen molar-refractivity contribution in [3.05, 3.63) is 48.5 Å². The number of thioether (sulfide) groups is 2. The average molecular weight is 322 g/mol. The zero-order valence-corrected chi connectivity index (χ0v) is 13.2. The molecule has 0 heterocycles. The Kier molecular flexibility index (Phi) is 6.79. The van der Waals surface area contributed by atoms with E-state index in [1.54, 1.807) is 47.8 Å². The maximum Gasteiger partial charge on any atom is 0.115 e. The van der Waals surface area contributed by atoms with Crippen molar-refractivity contribution in [2.24, 2.45) is 0 Å². The normalized spacial score (nSPS) is 10.7. The van der Waals surface area contributed by atoms with Gasteiger partial charge < -0.3 is 14.9 Å². The van der Waals surface area contributed by atoms with Crippen molar-refractivity contribution in [2.45, 2.75) is 9.79 Å². The van der Waals surface area contributed by atoms with Gasteiger partial charge in [-0.25, -0.2) is 0 Å². The summed E-state index contributed by atoms with van der Waals surface area (Å²) in [5, 5.41) is 18.4. The second-order valence-electron chi connectivity index (χ2n) is 4.30. The molecule has 0 aliphatic heterocycles. The van der Waals surface area contributed by atoms with Crippen LogP contribution in [0.15, 0.2) is 58.3 Å². The zero-order chi connectivity index (χ0) is 14.9. The van der Waals surface area contributed by atoms with Gasteiger partial charge in [0.15, 0.2) is 0 Å². The van der Waals surface area contributed by atoms with Crippen LogP contribution in [-0.4, -0.2) is 34.9 Å². The van der Waals surface area contributed by atoms with Gasteiger partial charge in [0.2, 0.25) is 0 Å². The summed E-state index contributed by atoms with van der Waals surface area (Å²) >= 11 is 3.43. The molecule has 0 aliphatic rings. The van der Waals surface area contributed by atoms with Crippen LogP contribution in [0.5, 0.6) is 11.5 Å². The highest BCUT2D eigenvalue weighted by atomic mass is 32.2. The maximum absolute atomic E-state index is 9.18. The lowest BCUT2D eigenvalue weighted by atomic mass is 10.3. The highest BCUT2D eigenvalue weighted by Crippen LogP contribution is 2.21. The van der Waals surface area contributed by atoms with Gasteiger partial charge in [-0.05, 0) is 48.5 Å². The van der Waals surface area contributed by atoms with Crippen molar-refractivity contribution in [3.8, 4) is 11.5 Å². The number of aromatic hydroxyl groups is 2. The average Bonchev–Trinajstić information content (AvgIpc) is 2.50. The molecular formula is C16H18O3S2. The van der Waals surface area contributed by atoms with Crippen LogP contribution >= 0.6 is 23.5 Å². The molecule has 2 N–H and O–H groups in total. The molecule has 0 aromatic heterocycles. The molecule has 2 aromatic rings. The number of phenols is 2. The molecule has 0 atom stereocenters. The minimum absolute atomic E-state index is 0.293. The van der Waals surface area contributed by atoms with Gasteiger partial charge in [-0.15, -0.1) is 23.5 Å². The quantitative estimate of drug-likeness (QED) is 0.568. The molecule has 2 aromatic carbocycles. The summed E-state index contributed by atoms with van der Waals surface area (Å²) in [4.78, 5) is 2.27. The molecule has 0 aliphatic carbocycles. The van der Waals surface area contributed by atoms with Crippen LogP contribution in [0.3, 0.4) is 0 Å². The van der Waals surface area contributed by atoms with Gasteiger partial charge in [-0.3, -0.25) is 0 Å². The maximum atomic E-state index is 9.18. The van der Waals surface area contributed by atoms with Crippen LogP contribution in [0.25, 0.3) is 0 Å². The summed E-state index contributed by atoms with van der Waals surface area (Å²) in [5.74, 6) is 2.38. The Morgan fingerprint density at radius 1 is 0.667 bits per heavy atom. The largest absolute Gasteiger partial charge is 0.508 e. The second-order valence-corrected chi connectivity index (χ2v) is 6.63. The number of phenolic OH excluding ortho intramolecular Hbond substituents is 2. The van der Waals surface area contributed by atoms with Crippen LogP contribution < -0.4 is 0 Å². The number of hydrogen-bond donors (Lipinski definition) is 2. The fourth-order valence-electron chi connectivity index (χ4n) is 1.62. The lowest BCUT2D eigenvalue weighted by Gasteiger charge is -2.05. The third-order valence-corrected chi connectivity index (χ3v) is 4.62. The predicted molar refractivity (Wildman–Crippen MR) is 88.5 cm³/mol. The van der Waals surface area contributed by atoms with Crippen molar-refractivity contribution >= 4 is 23.5 Å². The number of ether oxygens (including phenoxy) is 1. The van der Waals surface area contributed by atoms with Crippen LogP contribution in [0.4, 0.5) is 0 Å². The first-order valence-corrected chi connectivity index (χ1v) is 8.62. The first-order valence-electron chi connectivity index (χ1n) is 6.65. The summed E-state index contributed by atoms with van der Waals surface area (Å²) in [7, 11) is 0. The Bertz CT molecular complexity index is 477. The fraction of sp³-hybridized carbons (Fsp3) is 0.250. The van der Waals surface area contributed by atoms with E-state index in [0.717, 1.165) is 21.3 Å². The minimum Gasteiger partial charge on any atom is -0.508 e. The van der Waals surface area contributed by atoms with E-state index >= 15 is 0 Å². The van der Waals surface area contributed by atoms with Crippen molar-refractivity contribution < 1.29 is 14.9 Å². The fourth-order valence-corrected chi connectivity index (χ4v) is 3.15. The molecule has 2 rings (SSSR count). The molecular weight excluding hydrogens is 304 g/mol. The molecule has 0 spiro atoms. The SMILES string of the molecule is Oc1ccc(SCCOCCSc2ccc(O)cc2)cc1. The Morgan fingerprint density at radius 2 is 1.05 bits per heavy atom. The first-order chi connectivity index (χ1) is 10.2. The Labute approximate surface area is 133 Å². The molecule has 0 fully saturated rings. The van der Waals surface area contributed by atoms with Crippen LogP contribution in [0.2, 0.25) is 0 Å². The van der Waals surface area contributed by atoms with Gasteiger partial charge in [0, 0.05) is 21.3 Å².